The molecule has 2 N–H and O–H groups in total. The summed E-state index contributed by atoms with van der Waals surface area (Å²) in [5, 5.41) is 25.3. The number of nitrogens with one attached hydrogen (secondary N) is 1. The third kappa shape index (κ3) is 4.00. The molecule has 23 heavy (non-hydrogen) atoms. The second-order valence-electron chi connectivity index (χ2n) is 5.79. The fraction of sp³-hybridized carbons (Fsp3) is 0.500. The average Bonchev–Trinajstić information content (AvgIpc) is 2.67. The van der Waals surface area contributed by atoms with Gasteiger partial charge < -0.3 is 25.2 Å². The van der Waals surface area contributed by atoms with Crippen LogP contribution in [0.4, 0.5) is 0 Å². The number of carbonyl (C=O) groups excluding carboxylic acids is 3. The van der Waals surface area contributed by atoms with Crippen LogP contribution in [-0.2, 0) is 14.4 Å². The van der Waals surface area contributed by atoms with Crippen LogP contribution in [-0.4, -0.2) is 39.4 Å². The van der Waals surface area contributed by atoms with Crippen LogP contribution in [0.5, 0.6) is 0 Å². The number of nitrogens with zero attached hydrogens (tertiary/aromatic N) is 1. The van der Waals surface area contributed by atoms with Gasteiger partial charge >= 0.3 is 29.6 Å². The van der Waals surface area contributed by atoms with E-state index in [0.717, 1.165) is 11.8 Å². The second-order valence-corrected chi connectivity index (χ2v) is 6.79. The maximum Gasteiger partial charge on any atom is 1.00 e. The molecule has 2 rings (SSSR count). The zero-order valence-electron chi connectivity index (χ0n) is 13.5. The number of carboxylic acid groups (broad SMARTS) is 1. The van der Waals surface area contributed by atoms with Crippen molar-refractivity contribution in [1.29, 1.82) is 0 Å². The number of hydrogen-bond donors (Lipinski definition) is 2. The number of carbonyl (C=O) groups is 3. The third-order valence-corrected chi connectivity index (χ3v) is 4.56. The van der Waals surface area contributed by atoms with E-state index >= 15 is 0 Å². The summed E-state index contributed by atoms with van der Waals surface area (Å²) in [5.74, 6) is -2.68. The van der Waals surface area contributed by atoms with Gasteiger partial charge in [-0.15, -0.1) is 0 Å². The molecule has 0 aliphatic carbocycles. The fourth-order valence-corrected chi connectivity index (χ4v) is 3.67. The number of fused-ring (bicyclic) bond motifs is 1. The van der Waals surface area contributed by atoms with Crippen LogP contribution in [0.2, 0.25) is 0 Å². The van der Waals surface area contributed by atoms with E-state index < -0.39 is 23.4 Å². The van der Waals surface area contributed by atoms with E-state index in [9.17, 15) is 24.6 Å². The number of β-lactam (4-membered cyclic amide) rings is 1. The van der Waals surface area contributed by atoms with Crippen molar-refractivity contribution in [2.45, 2.75) is 38.8 Å². The van der Waals surface area contributed by atoms with Gasteiger partial charge in [0.15, 0.2) is 0 Å². The van der Waals surface area contributed by atoms with Gasteiger partial charge in [-0.25, -0.2) is 0 Å². The normalized spacial score (nSPS) is 23.5. The Labute approximate surface area is 160 Å². The molecule has 7 nitrogen and oxygen atoms in total. The monoisotopic (exact) mass is 348 g/mol. The molecule has 0 saturated carbocycles. The molecule has 0 aromatic rings. The predicted molar refractivity (Wildman–Crippen MR) is 77.6 cm³/mol. The summed E-state index contributed by atoms with van der Waals surface area (Å²) >= 11 is 1.11. The first-order valence-corrected chi connectivity index (χ1v) is 7.61. The van der Waals surface area contributed by atoms with E-state index in [1.54, 1.807) is 0 Å². The van der Waals surface area contributed by atoms with Gasteiger partial charge in [-0.05, 0) is 19.3 Å². The molecule has 0 aromatic carbocycles. The Morgan fingerprint density at radius 2 is 2.09 bits per heavy atom. The molecule has 2 amide bonds. The quantitative estimate of drug-likeness (QED) is 0.391. The molecular weight excluding hydrogens is 331 g/mol. The van der Waals surface area contributed by atoms with E-state index in [-0.39, 0.29) is 47.2 Å². The number of rotatable bonds is 5. The topological polar surface area (TPSA) is 110 Å². The summed E-state index contributed by atoms with van der Waals surface area (Å²) in [6.45, 7) is 4.43. The Bertz CT molecular complexity index is 596. The van der Waals surface area contributed by atoms with Crippen molar-refractivity contribution in [3.63, 3.8) is 0 Å². The molecule has 0 aromatic heterocycles. The van der Waals surface area contributed by atoms with Crippen LogP contribution in [0.15, 0.2) is 22.2 Å². The van der Waals surface area contributed by atoms with E-state index in [1.807, 2.05) is 0 Å². The Hall–Kier alpha value is -0.800. The van der Waals surface area contributed by atoms with E-state index in [0.29, 0.717) is 11.3 Å². The molecule has 0 unspecified atom stereocenters. The van der Waals surface area contributed by atoms with Crippen LogP contribution < -0.4 is 40.0 Å². The van der Waals surface area contributed by atoms with Crippen LogP contribution in [0.1, 0.15) is 27.2 Å². The largest absolute Gasteiger partial charge is 1.00 e. The number of carboxylic acids is 1. The summed E-state index contributed by atoms with van der Waals surface area (Å²) in [6.07, 6.45) is 1.75. The number of aliphatic carboxylic acids is 1. The van der Waals surface area contributed by atoms with Crippen molar-refractivity contribution in [2.75, 3.05) is 0 Å². The van der Waals surface area contributed by atoms with Crippen molar-refractivity contribution in [2.24, 2.45) is 5.92 Å². The van der Waals surface area contributed by atoms with E-state index in [2.05, 4.69) is 5.32 Å². The molecule has 2 aliphatic rings. The molecule has 120 valence electrons. The Morgan fingerprint density at radius 3 is 2.57 bits per heavy atom. The third-order valence-electron chi connectivity index (χ3n) is 3.64. The average molecular weight is 348 g/mol. The molecule has 2 aliphatic heterocycles. The minimum Gasteiger partial charge on any atom is -0.543 e. The van der Waals surface area contributed by atoms with Gasteiger partial charge in [0.2, 0.25) is 11.8 Å². The van der Waals surface area contributed by atoms with E-state index in [1.165, 1.54) is 37.3 Å². The van der Waals surface area contributed by atoms with Crippen molar-refractivity contribution in [3.8, 4) is 0 Å². The smallest absolute Gasteiger partial charge is 0.543 e. The minimum absolute atomic E-state index is 0. The first kappa shape index (κ1) is 20.2. The SMILES string of the molecule is CC(=O)N/C=C\SC1=C(C(=O)[O-])N2C(=O)[C@@H](C(C)(C)O)[C@H]2C1.[Na+]. The van der Waals surface area contributed by atoms with Crippen LogP contribution >= 0.6 is 11.8 Å². The second kappa shape index (κ2) is 7.40. The van der Waals surface area contributed by atoms with Gasteiger partial charge in [0.05, 0.1) is 29.2 Å². The van der Waals surface area contributed by atoms with Crippen LogP contribution in [0.3, 0.4) is 0 Å². The summed E-state index contributed by atoms with van der Waals surface area (Å²) in [6, 6.07) is -0.364. The first-order valence-electron chi connectivity index (χ1n) is 6.73. The summed E-state index contributed by atoms with van der Waals surface area (Å²) in [5.41, 5.74) is -1.35. The minimum atomic E-state index is -1.42. The summed E-state index contributed by atoms with van der Waals surface area (Å²) < 4.78 is 0. The molecule has 0 bridgehead atoms. The molecule has 0 spiro atoms. The fourth-order valence-electron chi connectivity index (χ4n) is 2.81. The summed E-state index contributed by atoms with van der Waals surface area (Å²) in [7, 11) is 0. The standard InChI is InChI=1S/C14H18N2O5S.Na/c1-7(17)15-4-5-22-9-6-8-10(14(2,3)21)12(18)16(8)11(9)13(19)20;/h4-5,8,10,21H,6H2,1-3H3,(H,15,17)(H,19,20);/q;+1/p-1/b5-4-;/t8-,10+;/m1./s1. The Morgan fingerprint density at radius 1 is 1.48 bits per heavy atom. The van der Waals surface area contributed by atoms with Crippen molar-refractivity contribution in [1.82, 2.24) is 10.2 Å². The van der Waals surface area contributed by atoms with Gasteiger partial charge in [-0.2, -0.15) is 0 Å². The molecule has 0 radical (unpaired) electrons. The van der Waals surface area contributed by atoms with Crippen LogP contribution in [0, 0.1) is 5.92 Å². The number of aliphatic hydroxyl groups is 1. The Balaban J connectivity index is 0.00000264. The van der Waals surface area contributed by atoms with Crippen molar-refractivity contribution >= 4 is 29.5 Å². The van der Waals surface area contributed by atoms with Gasteiger partial charge in [-0.3, -0.25) is 9.59 Å². The molecule has 1 saturated heterocycles. The maximum atomic E-state index is 12.1. The van der Waals surface area contributed by atoms with Crippen LogP contribution in [0.25, 0.3) is 0 Å². The zero-order chi connectivity index (χ0) is 16.7. The van der Waals surface area contributed by atoms with Crippen molar-refractivity contribution in [3.05, 3.63) is 22.2 Å². The maximum absolute atomic E-state index is 12.1. The zero-order valence-corrected chi connectivity index (χ0v) is 16.3. The van der Waals surface area contributed by atoms with Gasteiger partial charge in [0.25, 0.3) is 0 Å². The van der Waals surface area contributed by atoms with Gasteiger partial charge in [-0.1, -0.05) is 11.8 Å². The number of thioether (sulfide) groups is 1. The van der Waals surface area contributed by atoms with Gasteiger partial charge in [0.1, 0.15) is 0 Å². The van der Waals surface area contributed by atoms with Crippen molar-refractivity contribution < 1.29 is 54.2 Å². The van der Waals surface area contributed by atoms with E-state index in [4.69, 9.17) is 0 Å². The Kier molecular flexibility index (Phi) is 6.51. The predicted octanol–water partition coefficient (Wildman–Crippen LogP) is -3.71. The molecular formula is C14H17N2NaO5S. The first-order chi connectivity index (χ1) is 10.1. The molecule has 1 fully saturated rings. The summed E-state index contributed by atoms with van der Waals surface area (Å²) in [4.78, 5) is 35.9. The number of amides is 2. The number of hydrogen-bond acceptors (Lipinski definition) is 6. The molecule has 9 heteroatoms. The van der Waals surface area contributed by atoms with Gasteiger partial charge in [0, 0.05) is 24.4 Å². The molecule has 2 heterocycles. The molecule has 2 atom stereocenters.